The number of hydrogen-bond donors (Lipinski definition) is 1. The Morgan fingerprint density at radius 1 is 1.00 bits per heavy atom. The van der Waals surface area contributed by atoms with Gasteiger partial charge >= 0.3 is 5.97 Å². The van der Waals surface area contributed by atoms with Gasteiger partial charge in [-0.05, 0) is 81.3 Å². The first-order valence-corrected chi connectivity index (χ1v) is 6.79. The molecule has 0 saturated carbocycles. The van der Waals surface area contributed by atoms with Gasteiger partial charge < -0.3 is 10.5 Å². The Labute approximate surface area is 116 Å². The first kappa shape index (κ1) is 15.7. The Kier molecular flexibility index (Phi) is 5.12. The fourth-order valence-corrected chi connectivity index (χ4v) is 2.44. The third kappa shape index (κ3) is 3.16. The summed E-state index contributed by atoms with van der Waals surface area (Å²) in [5, 5.41) is 0. The highest BCUT2D eigenvalue weighted by molar-refractivity contribution is 5.76. The molecule has 0 heterocycles. The van der Waals surface area contributed by atoms with Crippen molar-refractivity contribution in [2.24, 2.45) is 5.73 Å². The van der Waals surface area contributed by atoms with E-state index in [0.717, 1.165) is 0 Å². The van der Waals surface area contributed by atoms with Crippen LogP contribution in [0.2, 0.25) is 0 Å². The predicted molar refractivity (Wildman–Crippen MR) is 78.4 cm³/mol. The minimum atomic E-state index is -0.584. The second kappa shape index (κ2) is 6.20. The maximum atomic E-state index is 11.7. The average Bonchev–Trinajstić information content (AvgIpc) is 2.39. The van der Waals surface area contributed by atoms with Gasteiger partial charge in [0.05, 0.1) is 6.61 Å². The zero-order valence-electron chi connectivity index (χ0n) is 12.9. The zero-order chi connectivity index (χ0) is 14.7. The van der Waals surface area contributed by atoms with Crippen molar-refractivity contribution in [2.45, 2.75) is 54.0 Å². The van der Waals surface area contributed by atoms with E-state index in [1.165, 1.54) is 33.4 Å². The molecule has 0 fully saturated rings. The standard InChI is InChI=1S/C16H25NO2/c1-7-19-16(18)15(17)8-14-12(5)10(3)9(2)11(4)13(14)6/h15H,7-8,17H2,1-6H3. The van der Waals surface area contributed by atoms with Gasteiger partial charge in [0.2, 0.25) is 0 Å². The molecule has 0 saturated heterocycles. The number of benzene rings is 1. The van der Waals surface area contributed by atoms with Crippen LogP contribution in [-0.2, 0) is 16.0 Å². The molecule has 1 unspecified atom stereocenters. The quantitative estimate of drug-likeness (QED) is 0.850. The van der Waals surface area contributed by atoms with Gasteiger partial charge in [0, 0.05) is 0 Å². The monoisotopic (exact) mass is 263 g/mol. The van der Waals surface area contributed by atoms with Crippen LogP contribution in [0.15, 0.2) is 0 Å². The SMILES string of the molecule is CCOC(=O)C(N)Cc1c(C)c(C)c(C)c(C)c1C. The molecule has 106 valence electrons. The molecule has 0 radical (unpaired) electrons. The van der Waals surface area contributed by atoms with Gasteiger partial charge in [0.25, 0.3) is 0 Å². The summed E-state index contributed by atoms with van der Waals surface area (Å²) in [4.78, 5) is 11.7. The molecular weight excluding hydrogens is 238 g/mol. The van der Waals surface area contributed by atoms with Crippen LogP contribution in [0.5, 0.6) is 0 Å². The van der Waals surface area contributed by atoms with Gasteiger partial charge in [0.1, 0.15) is 6.04 Å². The van der Waals surface area contributed by atoms with E-state index in [4.69, 9.17) is 10.5 Å². The normalized spacial score (nSPS) is 12.4. The summed E-state index contributed by atoms with van der Waals surface area (Å²) in [6.45, 7) is 12.7. The van der Waals surface area contributed by atoms with Crippen molar-refractivity contribution in [1.82, 2.24) is 0 Å². The summed E-state index contributed by atoms with van der Waals surface area (Å²) in [5.41, 5.74) is 13.5. The Balaban J connectivity index is 3.12. The Morgan fingerprint density at radius 2 is 1.42 bits per heavy atom. The molecule has 0 amide bonds. The van der Waals surface area contributed by atoms with Crippen molar-refractivity contribution < 1.29 is 9.53 Å². The lowest BCUT2D eigenvalue weighted by molar-refractivity contribution is -0.144. The topological polar surface area (TPSA) is 52.3 Å². The van der Waals surface area contributed by atoms with Gasteiger partial charge in [-0.25, -0.2) is 0 Å². The highest BCUT2D eigenvalue weighted by Crippen LogP contribution is 2.26. The summed E-state index contributed by atoms with van der Waals surface area (Å²) >= 11 is 0. The van der Waals surface area contributed by atoms with Crippen LogP contribution in [0.25, 0.3) is 0 Å². The van der Waals surface area contributed by atoms with Crippen LogP contribution in [0.4, 0.5) is 0 Å². The molecule has 1 aromatic carbocycles. The van der Waals surface area contributed by atoms with E-state index < -0.39 is 6.04 Å². The number of nitrogens with two attached hydrogens (primary N) is 1. The van der Waals surface area contributed by atoms with Crippen molar-refractivity contribution in [3.8, 4) is 0 Å². The first-order valence-electron chi connectivity index (χ1n) is 6.79. The van der Waals surface area contributed by atoms with Crippen LogP contribution in [0.3, 0.4) is 0 Å². The molecule has 1 atom stereocenters. The minimum Gasteiger partial charge on any atom is -0.465 e. The van der Waals surface area contributed by atoms with E-state index >= 15 is 0 Å². The second-order valence-electron chi connectivity index (χ2n) is 5.17. The third-order valence-electron chi connectivity index (χ3n) is 4.17. The van der Waals surface area contributed by atoms with Crippen LogP contribution in [-0.4, -0.2) is 18.6 Å². The number of esters is 1. The fourth-order valence-electron chi connectivity index (χ4n) is 2.44. The van der Waals surface area contributed by atoms with E-state index in [2.05, 4.69) is 34.6 Å². The number of hydrogen-bond acceptors (Lipinski definition) is 3. The van der Waals surface area contributed by atoms with Crippen molar-refractivity contribution in [1.29, 1.82) is 0 Å². The van der Waals surface area contributed by atoms with E-state index in [1.807, 2.05) is 0 Å². The van der Waals surface area contributed by atoms with Crippen LogP contribution in [0.1, 0.15) is 40.3 Å². The van der Waals surface area contributed by atoms with Crippen LogP contribution in [0, 0.1) is 34.6 Å². The zero-order valence-corrected chi connectivity index (χ0v) is 12.9. The number of carbonyl (C=O) groups is 1. The molecule has 1 aromatic rings. The smallest absolute Gasteiger partial charge is 0.323 e. The lowest BCUT2D eigenvalue weighted by Crippen LogP contribution is -2.35. The van der Waals surface area contributed by atoms with E-state index in [1.54, 1.807) is 6.92 Å². The second-order valence-corrected chi connectivity index (χ2v) is 5.17. The van der Waals surface area contributed by atoms with Gasteiger partial charge in [-0.15, -0.1) is 0 Å². The van der Waals surface area contributed by atoms with E-state index in [-0.39, 0.29) is 5.97 Å². The van der Waals surface area contributed by atoms with E-state index in [9.17, 15) is 4.79 Å². The number of carbonyl (C=O) groups excluding carboxylic acids is 1. The Morgan fingerprint density at radius 3 is 1.84 bits per heavy atom. The van der Waals surface area contributed by atoms with Crippen LogP contribution >= 0.6 is 0 Å². The lowest BCUT2D eigenvalue weighted by Gasteiger charge is -2.20. The molecule has 0 bridgehead atoms. The summed E-state index contributed by atoms with van der Waals surface area (Å²) in [7, 11) is 0. The van der Waals surface area contributed by atoms with Gasteiger partial charge in [-0.2, -0.15) is 0 Å². The lowest BCUT2D eigenvalue weighted by atomic mass is 9.87. The van der Waals surface area contributed by atoms with Crippen molar-refractivity contribution in [2.75, 3.05) is 6.61 Å². The Bertz CT molecular complexity index is 463. The summed E-state index contributed by atoms with van der Waals surface area (Å²) in [6, 6.07) is -0.584. The maximum absolute atomic E-state index is 11.7. The van der Waals surface area contributed by atoms with Gasteiger partial charge in [0.15, 0.2) is 0 Å². The van der Waals surface area contributed by atoms with Crippen molar-refractivity contribution in [3.05, 3.63) is 33.4 Å². The molecule has 0 aliphatic carbocycles. The van der Waals surface area contributed by atoms with Gasteiger partial charge in [-0.1, -0.05) is 0 Å². The number of ether oxygens (including phenoxy) is 1. The molecule has 3 heteroatoms. The summed E-state index contributed by atoms with van der Waals surface area (Å²) in [5.74, 6) is -0.322. The molecule has 0 aliphatic rings. The highest BCUT2D eigenvalue weighted by Gasteiger charge is 2.19. The van der Waals surface area contributed by atoms with E-state index in [0.29, 0.717) is 13.0 Å². The average molecular weight is 263 g/mol. The maximum Gasteiger partial charge on any atom is 0.323 e. The summed E-state index contributed by atoms with van der Waals surface area (Å²) in [6.07, 6.45) is 0.540. The fraction of sp³-hybridized carbons (Fsp3) is 0.562. The van der Waals surface area contributed by atoms with Crippen molar-refractivity contribution >= 4 is 5.97 Å². The molecule has 2 N–H and O–H groups in total. The third-order valence-corrected chi connectivity index (χ3v) is 4.17. The molecular formula is C16H25NO2. The highest BCUT2D eigenvalue weighted by atomic mass is 16.5. The minimum absolute atomic E-state index is 0.322. The molecule has 1 rings (SSSR count). The molecule has 0 spiro atoms. The van der Waals surface area contributed by atoms with Crippen molar-refractivity contribution in [3.63, 3.8) is 0 Å². The molecule has 19 heavy (non-hydrogen) atoms. The molecule has 0 aliphatic heterocycles. The molecule has 3 nitrogen and oxygen atoms in total. The largest absolute Gasteiger partial charge is 0.465 e. The Hall–Kier alpha value is -1.35. The van der Waals surface area contributed by atoms with Crippen LogP contribution < -0.4 is 5.73 Å². The number of rotatable bonds is 4. The summed E-state index contributed by atoms with van der Waals surface area (Å²) < 4.78 is 4.98. The predicted octanol–water partition coefficient (Wildman–Crippen LogP) is 2.66. The van der Waals surface area contributed by atoms with Gasteiger partial charge in [-0.3, -0.25) is 4.79 Å². The molecule has 0 aromatic heterocycles. The first-order chi connectivity index (χ1) is 8.81.